The summed E-state index contributed by atoms with van der Waals surface area (Å²) in [5.41, 5.74) is -0.595. The van der Waals surface area contributed by atoms with Crippen LogP contribution in [0.1, 0.15) is 49.8 Å². The predicted molar refractivity (Wildman–Crippen MR) is 97.2 cm³/mol. The highest BCUT2D eigenvalue weighted by atomic mass is 35.5. The van der Waals surface area contributed by atoms with Crippen molar-refractivity contribution >= 4 is 24.8 Å². The number of piperazine rings is 1. The number of hydrogen-bond donors (Lipinski definition) is 1. The molecule has 1 N–H and O–H groups in total. The van der Waals surface area contributed by atoms with Crippen LogP contribution in [0.3, 0.4) is 0 Å². The summed E-state index contributed by atoms with van der Waals surface area (Å²) < 4.78 is 52.5. The molecular formula is C17H26Cl2F4N2. The van der Waals surface area contributed by atoms with Crippen LogP contribution in [-0.2, 0) is 6.18 Å². The fraction of sp³-hybridized carbons (Fsp3) is 0.647. The molecule has 1 atom stereocenters. The van der Waals surface area contributed by atoms with Crippen LogP contribution in [0.5, 0.6) is 0 Å². The molecule has 1 aliphatic rings. The van der Waals surface area contributed by atoms with Gasteiger partial charge in [-0.05, 0) is 24.1 Å². The molecule has 25 heavy (non-hydrogen) atoms. The molecule has 2 rings (SSSR count). The first-order chi connectivity index (χ1) is 10.9. The fourth-order valence-corrected chi connectivity index (χ4v) is 3.11. The Morgan fingerprint density at radius 1 is 1.12 bits per heavy atom. The van der Waals surface area contributed by atoms with Crippen molar-refractivity contribution in [3.05, 3.63) is 35.1 Å². The van der Waals surface area contributed by atoms with E-state index in [9.17, 15) is 17.6 Å². The molecular weight excluding hydrogens is 379 g/mol. The minimum absolute atomic E-state index is 0. The maximum Gasteiger partial charge on any atom is 0.419 e. The highest BCUT2D eigenvalue weighted by Gasteiger charge is 2.35. The molecule has 1 aromatic rings. The van der Waals surface area contributed by atoms with Gasteiger partial charge in [0.25, 0.3) is 0 Å². The maximum absolute atomic E-state index is 13.5. The van der Waals surface area contributed by atoms with Crippen molar-refractivity contribution in [1.29, 1.82) is 0 Å². The van der Waals surface area contributed by atoms with Gasteiger partial charge in [0.15, 0.2) is 0 Å². The van der Waals surface area contributed by atoms with E-state index in [-0.39, 0.29) is 30.9 Å². The van der Waals surface area contributed by atoms with E-state index in [4.69, 9.17) is 0 Å². The number of unbranched alkanes of at least 4 members (excludes halogenated alkanes) is 2. The van der Waals surface area contributed by atoms with Gasteiger partial charge in [-0.1, -0.05) is 32.3 Å². The summed E-state index contributed by atoms with van der Waals surface area (Å²) in [6.45, 7) is 5.36. The van der Waals surface area contributed by atoms with Crippen LogP contribution in [0.4, 0.5) is 17.6 Å². The lowest BCUT2D eigenvalue weighted by Gasteiger charge is -2.35. The first-order valence-electron chi connectivity index (χ1n) is 8.25. The van der Waals surface area contributed by atoms with Gasteiger partial charge >= 0.3 is 6.18 Å². The largest absolute Gasteiger partial charge is 0.419 e. The Labute approximate surface area is 159 Å². The van der Waals surface area contributed by atoms with Crippen LogP contribution >= 0.6 is 24.8 Å². The highest BCUT2D eigenvalue weighted by Crippen LogP contribution is 2.35. The van der Waals surface area contributed by atoms with Gasteiger partial charge in [-0.25, -0.2) is 4.39 Å². The molecule has 0 bridgehead atoms. The monoisotopic (exact) mass is 404 g/mol. The van der Waals surface area contributed by atoms with E-state index in [1.165, 1.54) is 6.07 Å². The Balaban J connectivity index is 0.00000288. The quantitative estimate of drug-likeness (QED) is 0.516. The molecule has 0 radical (unpaired) electrons. The lowest BCUT2D eigenvalue weighted by atomic mass is 9.96. The number of halogens is 6. The summed E-state index contributed by atoms with van der Waals surface area (Å²) in [5.74, 6) is -1.20. The third-order valence-corrected chi connectivity index (χ3v) is 4.35. The number of alkyl halides is 3. The zero-order valence-corrected chi connectivity index (χ0v) is 15.9. The number of benzene rings is 1. The molecule has 0 saturated carbocycles. The van der Waals surface area contributed by atoms with Gasteiger partial charge in [-0.3, -0.25) is 4.90 Å². The van der Waals surface area contributed by atoms with Crippen LogP contribution in [0.15, 0.2) is 18.2 Å². The zero-order chi connectivity index (χ0) is 16.9. The zero-order valence-electron chi connectivity index (χ0n) is 14.2. The van der Waals surface area contributed by atoms with Gasteiger partial charge in [0.1, 0.15) is 5.82 Å². The summed E-state index contributed by atoms with van der Waals surface area (Å²) >= 11 is 0. The standard InChI is InChI=1S/C17H24F4N2.2ClH/c1-2-3-4-5-16(23-10-8-22-9-11-23)13-6-7-15(18)14(12-13)17(19,20)21;;/h6-7,12,16,22H,2-5,8-11H2,1H3;2*1H/t16-;;/m0../s1. The first-order valence-corrected chi connectivity index (χ1v) is 8.25. The third kappa shape index (κ3) is 6.93. The van der Waals surface area contributed by atoms with E-state index in [0.29, 0.717) is 5.56 Å². The van der Waals surface area contributed by atoms with E-state index >= 15 is 0 Å². The minimum atomic E-state index is -4.66. The Bertz CT molecular complexity index is 506. The van der Waals surface area contributed by atoms with Crippen molar-refractivity contribution in [2.24, 2.45) is 0 Å². The van der Waals surface area contributed by atoms with Crippen molar-refractivity contribution < 1.29 is 17.6 Å². The number of hydrogen-bond acceptors (Lipinski definition) is 2. The number of rotatable bonds is 6. The van der Waals surface area contributed by atoms with E-state index in [0.717, 1.165) is 64.0 Å². The average Bonchev–Trinajstić information content (AvgIpc) is 2.52. The molecule has 0 unspecified atom stereocenters. The first kappa shape index (κ1) is 24.4. The van der Waals surface area contributed by atoms with E-state index < -0.39 is 17.6 Å². The van der Waals surface area contributed by atoms with E-state index in [2.05, 4.69) is 17.1 Å². The molecule has 0 aromatic heterocycles. The summed E-state index contributed by atoms with van der Waals surface area (Å²) in [5, 5.41) is 3.25. The Morgan fingerprint density at radius 3 is 2.32 bits per heavy atom. The average molecular weight is 405 g/mol. The van der Waals surface area contributed by atoms with Crippen LogP contribution in [0.25, 0.3) is 0 Å². The highest BCUT2D eigenvalue weighted by molar-refractivity contribution is 5.85. The Hall–Kier alpha value is -0.560. The third-order valence-electron chi connectivity index (χ3n) is 4.35. The summed E-state index contributed by atoms with van der Waals surface area (Å²) in [6, 6.07) is 3.37. The van der Waals surface area contributed by atoms with Crippen LogP contribution < -0.4 is 5.32 Å². The van der Waals surface area contributed by atoms with Gasteiger partial charge in [-0.2, -0.15) is 13.2 Å². The van der Waals surface area contributed by atoms with Gasteiger partial charge in [-0.15, -0.1) is 24.8 Å². The lowest BCUT2D eigenvalue weighted by Crippen LogP contribution is -2.45. The second kappa shape index (κ2) is 11.2. The SMILES string of the molecule is CCCCC[C@@H](c1ccc(F)c(C(F)(F)F)c1)N1CCNCC1.Cl.Cl. The van der Waals surface area contributed by atoms with Crippen LogP contribution in [0.2, 0.25) is 0 Å². The van der Waals surface area contributed by atoms with E-state index in [1.807, 2.05) is 0 Å². The Morgan fingerprint density at radius 2 is 1.76 bits per heavy atom. The lowest BCUT2D eigenvalue weighted by molar-refractivity contribution is -0.140. The summed E-state index contributed by atoms with van der Waals surface area (Å²) in [6.07, 6.45) is -0.778. The van der Waals surface area contributed by atoms with Crippen molar-refractivity contribution in [1.82, 2.24) is 10.2 Å². The summed E-state index contributed by atoms with van der Waals surface area (Å²) in [7, 11) is 0. The van der Waals surface area contributed by atoms with Gasteiger partial charge < -0.3 is 5.32 Å². The second-order valence-corrected chi connectivity index (χ2v) is 6.03. The van der Waals surface area contributed by atoms with Crippen molar-refractivity contribution in [2.75, 3.05) is 26.2 Å². The fourth-order valence-electron chi connectivity index (χ4n) is 3.11. The minimum Gasteiger partial charge on any atom is -0.314 e. The topological polar surface area (TPSA) is 15.3 Å². The Kier molecular flexibility index (Phi) is 11.0. The molecule has 1 fully saturated rings. The molecule has 1 aliphatic heterocycles. The number of nitrogens with zero attached hydrogens (tertiary/aromatic N) is 1. The van der Waals surface area contributed by atoms with Crippen LogP contribution in [-0.4, -0.2) is 31.1 Å². The predicted octanol–water partition coefficient (Wildman–Crippen LogP) is 5.21. The molecule has 0 amide bonds. The van der Waals surface area contributed by atoms with Gasteiger partial charge in [0, 0.05) is 32.2 Å². The second-order valence-electron chi connectivity index (χ2n) is 6.03. The van der Waals surface area contributed by atoms with Crippen molar-refractivity contribution in [2.45, 2.75) is 44.8 Å². The van der Waals surface area contributed by atoms with Crippen LogP contribution in [0, 0.1) is 5.82 Å². The van der Waals surface area contributed by atoms with E-state index in [1.54, 1.807) is 0 Å². The molecule has 146 valence electrons. The molecule has 1 aromatic carbocycles. The van der Waals surface area contributed by atoms with Gasteiger partial charge in [0.05, 0.1) is 5.56 Å². The summed E-state index contributed by atoms with van der Waals surface area (Å²) in [4.78, 5) is 2.21. The van der Waals surface area contributed by atoms with Crippen molar-refractivity contribution in [3.8, 4) is 0 Å². The van der Waals surface area contributed by atoms with Gasteiger partial charge in [0.2, 0.25) is 0 Å². The molecule has 8 heteroatoms. The molecule has 0 aliphatic carbocycles. The van der Waals surface area contributed by atoms with Crippen molar-refractivity contribution in [3.63, 3.8) is 0 Å². The normalized spacial score (nSPS) is 16.7. The maximum atomic E-state index is 13.5. The molecule has 0 spiro atoms. The molecule has 1 saturated heterocycles. The smallest absolute Gasteiger partial charge is 0.314 e. The number of nitrogens with one attached hydrogen (secondary N) is 1. The molecule has 1 heterocycles. The molecule has 2 nitrogen and oxygen atoms in total.